The van der Waals surface area contributed by atoms with Gasteiger partial charge in [0, 0.05) is 10.6 Å². The maximum absolute atomic E-state index is 9.82. The number of methoxy groups -OCH3 is 1. The van der Waals surface area contributed by atoms with Gasteiger partial charge in [-0.25, -0.2) is 0 Å². The molecule has 2 aromatic rings. The highest BCUT2D eigenvalue weighted by Crippen LogP contribution is 2.30. The third-order valence-corrected chi connectivity index (χ3v) is 3.48. The molecule has 0 amide bonds. The third kappa shape index (κ3) is 4.72. The lowest BCUT2D eigenvalue weighted by atomic mass is 10.2. The summed E-state index contributed by atoms with van der Waals surface area (Å²) in [6.45, 7) is 0. The van der Waals surface area contributed by atoms with Crippen LogP contribution in [-0.4, -0.2) is 23.5 Å². The first-order valence-corrected chi connectivity index (χ1v) is 7.58. The Morgan fingerprint density at radius 1 is 1.30 bits per heavy atom. The lowest BCUT2D eigenvalue weighted by molar-refractivity contribution is 0.417. The number of aromatic hydroxyl groups is 1. The van der Waals surface area contributed by atoms with Gasteiger partial charge in [0.15, 0.2) is 5.11 Å². The molecular formula is C15H13Cl2N3O2S. The second-order valence-corrected chi connectivity index (χ2v) is 5.60. The molecule has 0 fully saturated rings. The summed E-state index contributed by atoms with van der Waals surface area (Å²) in [7, 11) is 1.57. The fraction of sp³-hybridized carbons (Fsp3) is 0.0667. The largest absolute Gasteiger partial charge is 0.506 e. The van der Waals surface area contributed by atoms with Gasteiger partial charge in [-0.05, 0) is 36.5 Å². The number of benzene rings is 2. The molecule has 0 bridgehead atoms. The van der Waals surface area contributed by atoms with Crippen molar-refractivity contribution >= 4 is 52.4 Å². The van der Waals surface area contributed by atoms with Crippen LogP contribution < -0.4 is 15.5 Å². The first-order chi connectivity index (χ1) is 11.0. The standard InChI is InChI=1S/C15H13Cl2N3O2S/c1-22-13-5-3-2-4-12(13)19-15(23)20-18-8-9-6-10(16)7-11(17)14(9)21/h2-8,21H,1H3,(H2,19,20,23)/b18-8+. The Hall–Kier alpha value is -2.02. The van der Waals surface area contributed by atoms with Crippen molar-refractivity contribution in [2.75, 3.05) is 12.4 Å². The zero-order valence-electron chi connectivity index (χ0n) is 12.0. The minimum atomic E-state index is -0.106. The van der Waals surface area contributed by atoms with E-state index < -0.39 is 0 Å². The molecule has 0 saturated heterocycles. The Kier molecular flexibility index (Phi) is 6.04. The fourth-order valence-electron chi connectivity index (χ4n) is 1.74. The molecule has 0 heterocycles. The summed E-state index contributed by atoms with van der Waals surface area (Å²) in [5.74, 6) is 0.546. The monoisotopic (exact) mass is 369 g/mol. The van der Waals surface area contributed by atoms with Gasteiger partial charge in [-0.15, -0.1) is 0 Å². The molecule has 2 rings (SSSR count). The normalized spacial score (nSPS) is 10.6. The second kappa shape index (κ2) is 8.01. The average molecular weight is 370 g/mol. The van der Waals surface area contributed by atoms with E-state index in [1.54, 1.807) is 13.2 Å². The number of hydrogen-bond donors (Lipinski definition) is 3. The average Bonchev–Trinajstić information content (AvgIpc) is 2.52. The minimum absolute atomic E-state index is 0.106. The van der Waals surface area contributed by atoms with Gasteiger partial charge in [0.1, 0.15) is 11.5 Å². The Bertz CT molecular complexity index is 753. The summed E-state index contributed by atoms with van der Waals surface area (Å²) in [5, 5.41) is 17.5. The molecule has 0 unspecified atom stereocenters. The predicted molar refractivity (Wildman–Crippen MR) is 98.1 cm³/mol. The zero-order chi connectivity index (χ0) is 16.8. The van der Waals surface area contributed by atoms with E-state index in [9.17, 15) is 5.11 Å². The topological polar surface area (TPSA) is 65.9 Å². The molecule has 0 saturated carbocycles. The van der Waals surface area contributed by atoms with Crippen LogP contribution in [0.1, 0.15) is 5.56 Å². The lowest BCUT2D eigenvalue weighted by Crippen LogP contribution is -2.24. The van der Waals surface area contributed by atoms with Crippen LogP contribution in [0.15, 0.2) is 41.5 Å². The molecule has 0 atom stereocenters. The van der Waals surface area contributed by atoms with Crippen molar-refractivity contribution < 1.29 is 9.84 Å². The number of rotatable bonds is 4. The van der Waals surface area contributed by atoms with Crippen molar-refractivity contribution in [3.8, 4) is 11.5 Å². The number of thiocarbonyl (C=S) groups is 1. The van der Waals surface area contributed by atoms with E-state index in [-0.39, 0.29) is 15.9 Å². The number of halogens is 2. The summed E-state index contributed by atoms with van der Waals surface area (Å²) in [5.41, 5.74) is 3.71. The van der Waals surface area contributed by atoms with Crippen LogP contribution in [0.3, 0.4) is 0 Å². The van der Waals surface area contributed by atoms with E-state index in [0.717, 1.165) is 0 Å². The van der Waals surface area contributed by atoms with Crippen molar-refractivity contribution in [2.45, 2.75) is 0 Å². The molecule has 0 radical (unpaired) electrons. The molecule has 0 aliphatic rings. The predicted octanol–water partition coefficient (Wildman–Crippen LogP) is 4.03. The molecular weight excluding hydrogens is 357 g/mol. The maximum atomic E-state index is 9.82. The number of hydrogen-bond acceptors (Lipinski definition) is 4. The zero-order valence-corrected chi connectivity index (χ0v) is 14.3. The highest BCUT2D eigenvalue weighted by atomic mass is 35.5. The van der Waals surface area contributed by atoms with E-state index in [4.69, 9.17) is 40.2 Å². The van der Waals surface area contributed by atoms with Gasteiger partial charge in [0.25, 0.3) is 0 Å². The molecule has 120 valence electrons. The van der Waals surface area contributed by atoms with Gasteiger partial charge < -0.3 is 15.2 Å². The van der Waals surface area contributed by atoms with Crippen LogP contribution in [-0.2, 0) is 0 Å². The third-order valence-electron chi connectivity index (χ3n) is 2.78. The highest BCUT2D eigenvalue weighted by Gasteiger charge is 2.06. The Morgan fingerprint density at radius 2 is 2.04 bits per heavy atom. The second-order valence-electron chi connectivity index (χ2n) is 4.35. The molecule has 5 nitrogen and oxygen atoms in total. The van der Waals surface area contributed by atoms with Crippen LogP contribution in [0.2, 0.25) is 10.0 Å². The van der Waals surface area contributed by atoms with Gasteiger partial charge in [0.2, 0.25) is 0 Å². The lowest BCUT2D eigenvalue weighted by Gasteiger charge is -2.10. The molecule has 3 N–H and O–H groups in total. The number of nitrogens with one attached hydrogen (secondary N) is 2. The van der Waals surface area contributed by atoms with Gasteiger partial charge in [-0.1, -0.05) is 35.3 Å². The van der Waals surface area contributed by atoms with Gasteiger partial charge >= 0.3 is 0 Å². The number of ether oxygens (including phenoxy) is 1. The van der Waals surface area contributed by atoms with Crippen LogP contribution in [0.25, 0.3) is 0 Å². The number of anilines is 1. The van der Waals surface area contributed by atoms with Crippen molar-refractivity contribution in [2.24, 2.45) is 5.10 Å². The SMILES string of the molecule is COc1ccccc1NC(=S)N/N=C/c1cc(Cl)cc(Cl)c1O. The molecule has 23 heavy (non-hydrogen) atoms. The number of hydrazone groups is 1. The van der Waals surface area contributed by atoms with E-state index in [1.807, 2.05) is 18.2 Å². The van der Waals surface area contributed by atoms with E-state index in [0.29, 0.717) is 22.0 Å². The molecule has 0 aliphatic carbocycles. The van der Waals surface area contributed by atoms with Crippen molar-refractivity contribution in [1.82, 2.24) is 5.43 Å². The first-order valence-electron chi connectivity index (χ1n) is 6.42. The molecule has 8 heteroatoms. The molecule has 0 aromatic heterocycles. The van der Waals surface area contributed by atoms with Gasteiger partial charge in [-0.2, -0.15) is 5.10 Å². The summed E-state index contributed by atoms with van der Waals surface area (Å²) in [6, 6.07) is 10.3. The van der Waals surface area contributed by atoms with E-state index in [1.165, 1.54) is 18.3 Å². The molecule has 0 aliphatic heterocycles. The van der Waals surface area contributed by atoms with Crippen LogP contribution >= 0.6 is 35.4 Å². The number of para-hydroxylation sites is 2. The van der Waals surface area contributed by atoms with E-state index >= 15 is 0 Å². The number of phenolic OH excluding ortho intramolecular Hbond substituents is 1. The van der Waals surface area contributed by atoms with Crippen molar-refractivity contribution in [1.29, 1.82) is 0 Å². The summed E-state index contributed by atoms with van der Waals surface area (Å²) < 4.78 is 5.21. The fourth-order valence-corrected chi connectivity index (χ4v) is 2.41. The summed E-state index contributed by atoms with van der Waals surface area (Å²) in [6.07, 6.45) is 1.36. The summed E-state index contributed by atoms with van der Waals surface area (Å²) in [4.78, 5) is 0. The quantitative estimate of drug-likeness (QED) is 0.431. The van der Waals surface area contributed by atoms with Crippen molar-refractivity contribution in [3.05, 3.63) is 52.0 Å². The van der Waals surface area contributed by atoms with Crippen LogP contribution in [0.5, 0.6) is 11.5 Å². The van der Waals surface area contributed by atoms with Crippen LogP contribution in [0, 0.1) is 0 Å². The number of nitrogens with zero attached hydrogens (tertiary/aromatic N) is 1. The molecule has 2 aromatic carbocycles. The minimum Gasteiger partial charge on any atom is -0.506 e. The van der Waals surface area contributed by atoms with Crippen molar-refractivity contribution in [3.63, 3.8) is 0 Å². The van der Waals surface area contributed by atoms with Gasteiger partial charge in [-0.3, -0.25) is 5.43 Å². The Balaban J connectivity index is 2.02. The number of phenols is 1. The maximum Gasteiger partial charge on any atom is 0.191 e. The van der Waals surface area contributed by atoms with Gasteiger partial charge in [0.05, 0.1) is 24.0 Å². The highest BCUT2D eigenvalue weighted by molar-refractivity contribution is 7.80. The Labute approximate surface area is 148 Å². The molecule has 0 spiro atoms. The Morgan fingerprint density at radius 3 is 2.78 bits per heavy atom. The smallest absolute Gasteiger partial charge is 0.191 e. The first kappa shape index (κ1) is 17.3. The van der Waals surface area contributed by atoms with Crippen LogP contribution in [0.4, 0.5) is 5.69 Å². The summed E-state index contributed by atoms with van der Waals surface area (Å²) >= 11 is 16.8. The van der Waals surface area contributed by atoms with E-state index in [2.05, 4.69) is 15.8 Å².